The Kier molecular flexibility index (Phi) is 6.31. The Balaban J connectivity index is 0.892. The van der Waals surface area contributed by atoms with E-state index in [4.69, 9.17) is 15.0 Å². The lowest BCUT2D eigenvalue weighted by molar-refractivity contribution is -0.129. The number of ether oxygens (including phenoxy) is 1. The van der Waals surface area contributed by atoms with Gasteiger partial charge in [-0.1, -0.05) is 25.1 Å². The zero-order valence-corrected chi connectivity index (χ0v) is 23.8. The topological polar surface area (TPSA) is 122 Å². The van der Waals surface area contributed by atoms with Crippen LogP contribution in [-0.2, 0) is 11.2 Å². The van der Waals surface area contributed by atoms with E-state index in [0.29, 0.717) is 59.6 Å². The van der Waals surface area contributed by atoms with Crippen LogP contribution in [0.1, 0.15) is 56.8 Å². The van der Waals surface area contributed by atoms with E-state index >= 15 is 0 Å². The molecule has 3 saturated carbocycles. The lowest BCUT2D eigenvalue weighted by atomic mass is 10.1. The van der Waals surface area contributed by atoms with E-state index in [-0.39, 0.29) is 24.8 Å². The number of rotatable bonds is 7. The van der Waals surface area contributed by atoms with Crippen LogP contribution in [0.25, 0.3) is 0 Å². The van der Waals surface area contributed by atoms with Gasteiger partial charge in [-0.2, -0.15) is 4.98 Å². The second-order valence-electron chi connectivity index (χ2n) is 12.8. The Labute approximate surface area is 239 Å². The molecule has 2 aromatic rings. The molecule has 218 valence electrons. The molecule has 2 aliphatic heterocycles. The molecular weight excluding hydrogens is 525 g/mol. The van der Waals surface area contributed by atoms with Gasteiger partial charge in [0.25, 0.3) is 0 Å². The number of hydrogen-bond acceptors (Lipinski definition) is 8. The van der Waals surface area contributed by atoms with Gasteiger partial charge in [0.2, 0.25) is 5.91 Å². The molecule has 0 radical (unpaired) electrons. The third-order valence-electron chi connectivity index (χ3n) is 10.4. The van der Waals surface area contributed by atoms with Gasteiger partial charge in [-0.05, 0) is 65.9 Å². The second-order valence-corrected chi connectivity index (χ2v) is 12.8. The molecular formula is C30H38FN7O3. The van der Waals surface area contributed by atoms with Crippen molar-refractivity contribution in [1.29, 1.82) is 0 Å². The van der Waals surface area contributed by atoms with Gasteiger partial charge >= 0.3 is 6.01 Å². The number of amidine groups is 1. The monoisotopic (exact) mass is 563 g/mol. The Morgan fingerprint density at radius 2 is 2.10 bits per heavy atom. The minimum atomic E-state index is -0.411. The number of amides is 1. The predicted octanol–water partition coefficient (Wildman–Crippen LogP) is 3.42. The minimum absolute atomic E-state index is 0.00835. The van der Waals surface area contributed by atoms with Crippen LogP contribution in [0.2, 0.25) is 0 Å². The summed E-state index contributed by atoms with van der Waals surface area (Å²) in [4.78, 5) is 29.5. The number of nitrogens with zero attached hydrogens (tertiary/aromatic N) is 6. The van der Waals surface area contributed by atoms with Gasteiger partial charge in [-0.3, -0.25) is 9.79 Å². The quantitative estimate of drug-likeness (QED) is 0.405. The standard InChI is InChI=1S/C30H38FN7O3/c1-18(2)27-35-28(41-36-27)37-8-5-22-23(6-9-37)30(22)16-29(30)13-20(29)15-40-21-4-3-19(24(31)12-21)11-26(39)38-10-7-33-25(14-38)34-17-32/h3-4,12,17-18,20,22-23H,5-11,13-16H2,1-2H3,(H2,32,33,34)/t20-,22+,23?,29-,30?/m1/s1. The van der Waals surface area contributed by atoms with Crippen LogP contribution < -0.4 is 15.4 Å². The molecule has 1 aromatic heterocycles. The fraction of sp³-hybridized carbons (Fsp3) is 0.633. The molecule has 1 saturated heterocycles. The van der Waals surface area contributed by atoms with E-state index in [0.717, 1.165) is 30.7 Å². The van der Waals surface area contributed by atoms with Crippen LogP contribution in [0.15, 0.2) is 32.7 Å². The number of hydrogen-bond donors (Lipinski definition) is 1. The Bertz CT molecular complexity index is 1390. The summed E-state index contributed by atoms with van der Waals surface area (Å²) in [6, 6.07) is 5.53. The Hall–Kier alpha value is -3.50. The van der Waals surface area contributed by atoms with Crippen LogP contribution in [0.3, 0.4) is 0 Å². The number of carbonyl (C=O) groups excluding carboxylic acids is 1. The lowest BCUT2D eigenvalue weighted by Crippen LogP contribution is -2.41. The summed E-state index contributed by atoms with van der Waals surface area (Å²) in [5, 5.41) is 4.14. The third-order valence-corrected chi connectivity index (χ3v) is 10.4. The van der Waals surface area contributed by atoms with Gasteiger partial charge in [0.15, 0.2) is 5.82 Å². The van der Waals surface area contributed by atoms with Crippen molar-refractivity contribution < 1.29 is 18.4 Å². The molecule has 10 nitrogen and oxygen atoms in total. The highest BCUT2D eigenvalue weighted by Gasteiger charge is 2.91. The number of nitrogens with two attached hydrogens (primary N) is 1. The summed E-state index contributed by atoms with van der Waals surface area (Å²) >= 11 is 0. The lowest BCUT2D eigenvalue weighted by Gasteiger charge is -2.25. The highest BCUT2D eigenvalue weighted by Crippen LogP contribution is 2.96. The van der Waals surface area contributed by atoms with Crippen molar-refractivity contribution in [3.63, 3.8) is 0 Å². The van der Waals surface area contributed by atoms with Crippen molar-refractivity contribution in [2.75, 3.05) is 44.2 Å². The predicted molar refractivity (Wildman–Crippen MR) is 152 cm³/mol. The maximum Gasteiger partial charge on any atom is 0.324 e. The van der Waals surface area contributed by atoms with Crippen LogP contribution >= 0.6 is 0 Å². The van der Waals surface area contributed by atoms with Gasteiger partial charge in [0, 0.05) is 31.6 Å². The van der Waals surface area contributed by atoms with Crippen LogP contribution in [0.5, 0.6) is 5.75 Å². The van der Waals surface area contributed by atoms with Gasteiger partial charge in [0.1, 0.15) is 17.4 Å². The van der Waals surface area contributed by atoms with Crippen molar-refractivity contribution in [2.45, 2.75) is 51.9 Å². The molecule has 2 N–H and O–H groups in total. The SMILES string of the molecule is CC(C)c1noc(N2CCC3[C@H](CC2)C32C[C@@]23C[C@@H]3COc2ccc(CC(=O)N3CCN=C(N=CN)C3)c(F)c2)n1. The zero-order chi connectivity index (χ0) is 28.4. The smallest absolute Gasteiger partial charge is 0.324 e. The van der Waals surface area contributed by atoms with Gasteiger partial charge in [0.05, 0.1) is 32.5 Å². The molecule has 3 heterocycles. The number of aromatic nitrogens is 2. The van der Waals surface area contributed by atoms with Crippen molar-refractivity contribution in [3.8, 4) is 5.75 Å². The van der Waals surface area contributed by atoms with E-state index in [9.17, 15) is 9.18 Å². The van der Waals surface area contributed by atoms with Crippen molar-refractivity contribution >= 4 is 24.1 Å². The number of fused-ring (bicyclic) bond motifs is 4. The number of halogens is 1. The third kappa shape index (κ3) is 4.48. The van der Waals surface area contributed by atoms with E-state index < -0.39 is 5.82 Å². The highest BCUT2D eigenvalue weighted by molar-refractivity contribution is 5.94. The average molecular weight is 564 g/mol. The summed E-state index contributed by atoms with van der Waals surface area (Å²) in [6.07, 6.45) is 6.05. The van der Waals surface area contributed by atoms with Crippen LogP contribution in [0.4, 0.5) is 10.4 Å². The largest absolute Gasteiger partial charge is 0.493 e. The van der Waals surface area contributed by atoms with Gasteiger partial charge in [-0.25, -0.2) is 9.38 Å². The summed E-state index contributed by atoms with van der Waals surface area (Å²) in [6.45, 7) is 7.99. The maximum atomic E-state index is 14.9. The van der Waals surface area contributed by atoms with Gasteiger partial charge < -0.3 is 24.8 Å². The molecule has 2 unspecified atom stereocenters. The van der Waals surface area contributed by atoms with E-state index in [1.54, 1.807) is 17.0 Å². The Morgan fingerprint density at radius 1 is 1.29 bits per heavy atom. The van der Waals surface area contributed by atoms with E-state index in [1.807, 2.05) is 0 Å². The highest BCUT2D eigenvalue weighted by atomic mass is 19.1. The maximum absolute atomic E-state index is 14.9. The molecule has 41 heavy (non-hydrogen) atoms. The molecule has 0 bridgehead atoms. The summed E-state index contributed by atoms with van der Waals surface area (Å²) in [5.74, 6) is 3.63. The first-order valence-electron chi connectivity index (χ1n) is 14.9. The molecule has 3 aliphatic carbocycles. The van der Waals surface area contributed by atoms with Crippen LogP contribution in [-0.4, -0.2) is 72.5 Å². The fourth-order valence-corrected chi connectivity index (χ4v) is 8.08. The number of anilines is 1. The summed E-state index contributed by atoms with van der Waals surface area (Å²) in [7, 11) is 0. The van der Waals surface area contributed by atoms with Crippen LogP contribution in [0, 0.1) is 34.4 Å². The molecule has 5 atom stereocenters. The summed E-state index contributed by atoms with van der Waals surface area (Å²) < 4.78 is 26.5. The molecule has 2 spiro atoms. The minimum Gasteiger partial charge on any atom is -0.493 e. The normalized spacial score (nSPS) is 31.9. The van der Waals surface area contributed by atoms with E-state index in [1.165, 1.54) is 38.1 Å². The zero-order valence-electron chi connectivity index (χ0n) is 23.8. The molecule has 7 rings (SSSR count). The Morgan fingerprint density at radius 3 is 2.80 bits per heavy atom. The van der Waals surface area contributed by atoms with Crippen molar-refractivity contribution in [2.24, 2.45) is 44.3 Å². The molecule has 4 fully saturated rings. The first-order chi connectivity index (χ1) is 19.8. The van der Waals surface area contributed by atoms with Crippen molar-refractivity contribution in [1.82, 2.24) is 15.0 Å². The summed E-state index contributed by atoms with van der Waals surface area (Å²) in [5.41, 5.74) is 6.65. The van der Waals surface area contributed by atoms with Gasteiger partial charge in [-0.15, -0.1) is 0 Å². The average Bonchev–Trinajstić information content (AvgIpc) is 3.89. The molecule has 1 amide bonds. The molecule has 1 aromatic carbocycles. The number of carbonyl (C=O) groups is 1. The number of aliphatic imine (C=N–C) groups is 2. The molecule has 11 heteroatoms. The van der Waals surface area contributed by atoms with Crippen molar-refractivity contribution in [3.05, 3.63) is 35.4 Å². The fourth-order valence-electron chi connectivity index (χ4n) is 8.08. The first-order valence-corrected chi connectivity index (χ1v) is 14.9. The second kappa shape index (κ2) is 9.80. The van der Waals surface area contributed by atoms with E-state index in [2.05, 4.69) is 38.9 Å². The first kappa shape index (κ1) is 26.4. The molecule has 5 aliphatic rings. The number of benzene rings is 1.